The standard InChI is InChI=1S/C22H23N3O3S/c1-14-20(29-21(24-14)17-7-4-5-11-23-17)22(26)25-12-6-8-18(25)16-13-15(27-2)9-10-19(16)28-3/h4-5,7,9-11,13,18H,6,8,12H2,1-3H3. The van der Waals surface area contributed by atoms with Crippen LogP contribution in [0.1, 0.15) is 39.8 Å². The van der Waals surface area contributed by atoms with Gasteiger partial charge in [0.05, 0.1) is 31.6 Å². The molecule has 1 amide bonds. The highest BCUT2D eigenvalue weighted by Crippen LogP contribution is 2.40. The number of carbonyl (C=O) groups excluding carboxylic acids is 1. The van der Waals surface area contributed by atoms with Gasteiger partial charge in [-0.3, -0.25) is 9.78 Å². The van der Waals surface area contributed by atoms with E-state index in [-0.39, 0.29) is 11.9 Å². The topological polar surface area (TPSA) is 64.6 Å². The number of carbonyl (C=O) groups is 1. The second-order valence-electron chi connectivity index (χ2n) is 6.91. The third-order valence-corrected chi connectivity index (χ3v) is 6.35. The molecular weight excluding hydrogens is 386 g/mol. The minimum Gasteiger partial charge on any atom is -0.497 e. The maximum Gasteiger partial charge on any atom is 0.266 e. The second kappa shape index (κ2) is 8.21. The van der Waals surface area contributed by atoms with E-state index in [1.54, 1.807) is 20.4 Å². The Morgan fingerprint density at radius 3 is 2.79 bits per heavy atom. The molecule has 0 radical (unpaired) electrons. The predicted molar refractivity (Wildman–Crippen MR) is 113 cm³/mol. The lowest BCUT2D eigenvalue weighted by atomic mass is 10.0. The van der Waals surface area contributed by atoms with Crippen LogP contribution in [0.4, 0.5) is 0 Å². The number of hydrogen-bond donors (Lipinski definition) is 0. The van der Waals surface area contributed by atoms with Crippen molar-refractivity contribution in [1.29, 1.82) is 0 Å². The number of amides is 1. The molecule has 150 valence electrons. The van der Waals surface area contributed by atoms with E-state index in [2.05, 4.69) is 9.97 Å². The van der Waals surface area contributed by atoms with Crippen molar-refractivity contribution >= 4 is 17.2 Å². The van der Waals surface area contributed by atoms with Crippen LogP contribution in [0.2, 0.25) is 0 Å². The van der Waals surface area contributed by atoms with Crippen LogP contribution in [0.15, 0.2) is 42.6 Å². The van der Waals surface area contributed by atoms with E-state index in [1.165, 1.54) is 11.3 Å². The Hall–Kier alpha value is -2.93. The van der Waals surface area contributed by atoms with Gasteiger partial charge in [0.25, 0.3) is 5.91 Å². The van der Waals surface area contributed by atoms with Gasteiger partial charge in [0.2, 0.25) is 0 Å². The number of rotatable bonds is 5. The summed E-state index contributed by atoms with van der Waals surface area (Å²) in [5.41, 5.74) is 2.50. The molecule has 1 atom stereocenters. The van der Waals surface area contributed by atoms with Crippen LogP contribution < -0.4 is 9.47 Å². The van der Waals surface area contributed by atoms with E-state index in [9.17, 15) is 4.79 Å². The average Bonchev–Trinajstić information content (AvgIpc) is 3.40. The number of likely N-dealkylation sites (tertiary alicyclic amines) is 1. The highest BCUT2D eigenvalue weighted by Gasteiger charge is 2.34. The third kappa shape index (κ3) is 3.70. The highest BCUT2D eigenvalue weighted by molar-refractivity contribution is 7.17. The van der Waals surface area contributed by atoms with E-state index < -0.39 is 0 Å². The van der Waals surface area contributed by atoms with Crippen LogP contribution in [0.5, 0.6) is 11.5 Å². The van der Waals surface area contributed by atoms with E-state index >= 15 is 0 Å². The predicted octanol–water partition coefficient (Wildman–Crippen LogP) is 4.51. The number of methoxy groups -OCH3 is 2. The van der Waals surface area contributed by atoms with E-state index in [1.807, 2.05) is 48.2 Å². The molecule has 4 rings (SSSR count). The number of pyridine rings is 1. The quantitative estimate of drug-likeness (QED) is 0.620. The number of benzene rings is 1. The molecule has 1 aliphatic rings. The summed E-state index contributed by atoms with van der Waals surface area (Å²) in [4.78, 5) is 25.0. The largest absolute Gasteiger partial charge is 0.497 e. The van der Waals surface area contributed by atoms with Crippen LogP contribution in [0.3, 0.4) is 0 Å². The minimum atomic E-state index is -0.0487. The molecule has 1 fully saturated rings. The summed E-state index contributed by atoms with van der Waals surface area (Å²) >= 11 is 1.40. The van der Waals surface area contributed by atoms with Gasteiger partial charge in [0, 0.05) is 18.3 Å². The number of aryl methyl sites for hydroxylation is 1. The van der Waals surface area contributed by atoms with Crippen molar-refractivity contribution in [3.63, 3.8) is 0 Å². The summed E-state index contributed by atoms with van der Waals surface area (Å²) in [6, 6.07) is 11.4. The molecule has 1 aromatic carbocycles. The Morgan fingerprint density at radius 2 is 2.07 bits per heavy atom. The Bertz CT molecular complexity index is 1020. The fourth-order valence-corrected chi connectivity index (χ4v) is 4.76. The Morgan fingerprint density at radius 1 is 1.21 bits per heavy atom. The first-order valence-electron chi connectivity index (χ1n) is 9.54. The molecule has 0 spiro atoms. The summed E-state index contributed by atoms with van der Waals surface area (Å²) in [5.74, 6) is 1.53. The molecule has 7 heteroatoms. The van der Waals surface area contributed by atoms with Crippen LogP contribution >= 0.6 is 11.3 Å². The lowest BCUT2D eigenvalue weighted by Gasteiger charge is -2.26. The molecule has 29 heavy (non-hydrogen) atoms. The van der Waals surface area contributed by atoms with Crippen LogP contribution in [0.25, 0.3) is 10.7 Å². The molecule has 1 saturated heterocycles. The third-order valence-electron chi connectivity index (χ3n) is 5.18. The molecular formula is C22H23N3O3S. The molecule has 0 N–H and O–H groups in total. The van der Waals surface area contributed by atoms with Gasteiger partial charge in [-0.25, -0.2) is 4.98 Å². The van der Waals surface area contributed by atoms with Gasteiger partial charge in [-0.15, -0.1) is 11.3 Å². The summed E-state index contributed by atoms with van der Waals surface area (Å²) in [6.45, 7) is 2.59. The van der Waals surface area contributed by atoms with Crippen molar-refractivity contribution in [2.24, 2.45) is 0 Å². The normalized spacial score (nSPS) is 16.1. The monoisotopic (exact) mass is 409 g/mol. The number of ether oxygens (including phenoxy) is 2. The first-order chi connectivity index (χ1) is 14.1. The maximum atomic E-state index is 13.5. The van der Waals surface area contributed by atoms with Crippen LogP contribution in [-0.2, 0) is 0 Å². The van der Waals surface area contributed by atoms with Crippen LogP contribution in [-0.4, -0.2) is 41.5 Å². The molecule has 6 nitrogen and oxygen atoms in total. The summed E-state index contributed by atoms with van der Waals surface area (Å²) in [7, 11) is 3.29. The Labute approximate surface area is 174 Å². The zero-order valence-corrected chi connectivity index (χ0v) is 17.5. The number of hydrogen-bond acceptors (Lipinski definition) is 6. The molecule has 1 aliphatic heterocycles. The Balaban J connectivity index is 1.67. The minimum absolute atomic E-state index is 0.00885. The van der Waals surface area contributed by atoms with Gasteiger partial charge in [0.1, 0.15) is 21.4 Å². The van der Waals surface area contributed by atoms with Gasteiger partial charge in [-0.2, -0.15) is 0 Å². The molecule has 0 aliphatic carbocycles. The van der Waals surface area contributed by atoms with Gasteiger partial charge in [0.15, 0.2) is 0 Å². The summed E-state index contributed by atoms with van der Waals surface area (Å²) in [6.07, 6.45) is 3.57. The Kier molecular flexibility index (Phi) is 5.49. The number of nitrogens with zero attached hydrogens (tertiary/aromatic N) is 3. The number of thiazole rings is 1. The zero-order chi connectivity index (χ0) is 20.4. The first kappa shape index (κ1) is 19.4. The zero-order valence-electron chi connectivity index (χ0n) is 16.7. The summed E-state index contributed by atoms with van der Waals surface area (Å²) in [5, 5.41) is 0.765. The number of aromatic nitrogens is 2. The van der Waals surface area contributed by atoms with Gasteiger partial charge >= 0.3 is 0 Å². The lowest BCUT2D eigenvalue weighted by molar-refractivity contribution is 0.0738. The van der Waals surface area contributed by atoms with Crippen molar-refractivity contribution in [2.75, 3.05) is 20.8 Å². The molecule has 0 saturated carbocycles. The molecule has 3 heterocycles. The molecule has 1 unspecified atom stereocenters. The fraction of sp³-hybridized carbons (Fsp3) is 0.318. The SMILES string of the molecule is COc1ccc(OC)c(C2CCCN2C(=O)c2sc(-c3ccccn3)nc2C)c1. The molecule has 3 aromatic rings. The molecule has 2 aromatic heterocycles. The van der Waals surface area contributed by atoms with Gasteiger partial charge in [-0.1, -0.05) is 6.07 Å². The highest BCUT2D eigenvalue weighted by atomic mass is 32.1. The van der Waals surface area contributed by atoms with E-state index in [0.29, 0.717) is 11.4 Å². The first-order valence-corrected chi connectivity index (χ1v) is 10.4. The average molecular weight is 410 g/mol. The smallest absolute Gasteiger partial charge is 0.266 e. The maximum absolute atomic E-state index is 13.5. The van der Waals surface area contributed by atoms with Crippen molar-refractivity contribution < 1.29 is 14.3 Å². The second-order valence-corrected chi connectivity index (χ2v) is 7.91. The van der Waals surface area contributed by atoms with Crippen molar-refractivity contribution in [3.05, 3.63) is 58.7 Å². The van der Waals surface area contributed by atoms with E-state index in [0.717, 1.165) is 46.3 Å². The van der Waals surface area contributed by atoms with Crippen molar-refractivity contribution in [2.45, 2.75) is 25.8 Å². The van der Waals surface area contributed by atoms with Gasteiger partial charge < -0.3 is 14.4 Å². The fourth-order valence-electron chi connectivity index (χ4n) is 3.76. The van der Waals surface area contributed by atoms with E-state index in [4.69, 9.17) is 9.47 Å². The summed E-state index contributed by atoms with van der Waals surface area (Å²) < 4.78 is 11.0. The molecule has 0 bridgehead atoms. The van der Waals surface area contributed by atoms with Crippen molar-refractivity contribution in [3.8, 4) is 22.2 Å². The van der Waals surface area contributed by atoms with Crippen LogP contribution in [0, 0.1) is 6.92 Å². The van der Waals surface area contributed by atoms with Gasteiger partial charge in [-0.05, 0) is 50.1 Å². The lowest BCUT2D eigenvalue weighted by Crippen LogP contribution is -2.30. The van der Waals surface area contributed by atoms with Crippen molar-refractivity contribution in [1.82, 2.24) is 14.9 Å².